The Kier molecular flexibility index (Phi) is 3.63. The van der Waals surface area contributed by atoms with Crippen LogP contribution >= 0.6 is 0 Å². The van der Waals surface area contributed by atoms with Crippen LogP contribution in [0.25, 0.3) is 0 Å². The number of hydrogen-bond donors (Lipinski definition) is 3. The Morgan fingerprint density at radius 3 is 2.32 bits per heavy atom. The van der Waals surface area contributed by atoms with E-state index in [0.29, 0.717) is 4.68 Å². The molecule has 13 heteroatoms. The van der Waals surface area contributed by atoms with E-state index in [1.165, 1.54) is 4.98 Å². The minimum atomic E-state index is -5.11. The summed E-state index contributed by atoms with van der Waals surface area (Å²) in [6.07, 6.45) is -4.27. The summed E-state index contributed by atoms with van der Waals surface area (Å²) in [6.45, 7) is 0. The van der Waals surface area contributed by atoms with Crippen LogP contribution in [0.3, 0.4) is 0 Å². The molecule has 0 spiro atoms. The summed E-state index contributed by atoms with van der Waals surface area (Å²) in [5, 5.41) is 6.14. The number of hydrogen-bond acceptors (Lipinski definition) is 6. The van der Waals surface area contributed by atoms with Crippen molar-refractivity contribution in [2.75, 3.05) is 0 Å². The number of nitrogens with one attached hydrogen (secondary N) is 3. The number of rotatable bonds is 2. The van der Waals surface area contributed by atoms with Crippen LogP contribution in [0.15, 0.2) is 41.8 Å². The van der Waals surface area contributed by atoms with Gasteiger partial charge in [0.1, 0.15) is 0 Å². The van der Waals surface area contributed by atoms with Crippen molar-refractivity contribution in [1.82, 2.24) is 19.6 Å². The van der Waals surface area contributed by atoms with Crippen LogP contribution in [0.2, 0.25) is 0 Å². The molecule has 0 amide bonds. The molecule has 0 atom stereocenters. The fourth-order valence-electron chi connectivity index (χ4n) is 1.39. The van der Waals surface area contributed by atoms with Gasteiger partial charge in [-0.05, 0) is 0 Å². The Labute approximate surface area is 116 Å². The third-order valence-corrected chi connectivity index (χ3v) is 2.25. The Balaban J connectivity index is 2.61. The van der Waals surface area contributed by atoms with E-state index in [0.717, 1.165) is 12.3 Å². The maximum Gasteiger partial charge on any atom is 0.425 e. The fourth-order valence-corrected chi connectivity index (χ4v) is 1.39. The molecular formula is C9H5F3N6O4. The molecule has 116 valence electrons. The first kappa shape index (κ1) is 15.1. The largest absolute Gasteiger partial charge is 0.425 e. The van der Waals surface area contributed by atoms with Crippen molar-refractivity contribution in [3.8, 4) is 0 Å². The van der Waals surface area contributed by atoms with Crippen LogP contribution in [0.5, 0.6) is 0 Å². The number of aromatic nitrogens is 4. The van der Waals surface area contributed by atoms with Crippen LogP contribution in [-0.4, -0.2) is 19.6 Å². The van der Waals surface area contributed by atoms with E-state index in [9.17, 15) is 32.3 Å². The van der Waals surface area contributed by atoms with Crippen LogP contribution in [0.1, 0.15) is 5.56 Å². The smallest absolute Gasteiger partial charge is 0.290 e. The predicted octanol–water partition coefficient (Wildman–Crippen LogP) is -0.521. The maximum absolute atomic E-state index is 12.7. The second-order valence-corrected chi connectivity index (χ2v) is 3.77. The van der Waals surface area contributed by atoms with Gasteiger partial charge >= 0.3 is 17.6 Å². The molecule has 0 saturated heterocycles. The summed E-state index contributed by atoms with van der Waals surface area (Å²) < 4.78 is 38.6. The van der Waals surface area contributed by atoms with Crippen molar-refractivity contribution in [2.45, 2.75) is 6.18 Å². The highest BCUT2D eigenvalue weighted by Crippen LogP contribution is 2.31. The Bertz CT molecular complexity index is 963. The molecule has 0 saturated carbocycles. The molecular weight excluding hydrogens is 313 g/mol. The van der Waals surface area contributed by atoms with Crippen molar-refractivity contribution in [3.63, 3.8) is 0 Å². The zero-order chi connectivity index (χ0) is 16.5. The number of H-pyrrole nitrogens is 3. The molecule has 0 radical (unpaired) electrons. The van der Waals surface area contributed by atoms with E-state index in [1.807, 2.05) is 0 Å². The molecule has 0 fully saturated rings. The van der Waals surface area contributed by atoms with Gasteiger partial charge in [-0.25, -0.2) is 9.59 Å². The molecule has 10 nitrogen and oxygen atoms in total. The van der Waals surface area contributed by atoms with Crippen LogP contribution in [0, 0.1) is 0 Å². The fraction of sp³-hybridized carbons (Fsp3) is 0.111. The normalized spacial score (nSPS) is 12.0. The van der Waals surface area contributed by atoms with Crippen molar-refractivity contribution >= 4 is 5.82 Å². The zero-order valence-corrected chi connectivity index (χ0v) is 10.3. The Morgan fingerprint density at radius 2 is 1.73 bits per heavy atom. The minimum Gasteiger partial charge on any atom is -0.290 e. The lowest BCUT2D eigenvalue weighted by atomic mass is 10.3. The number of halogens is 3. The van der Waals surface area contributed by atoms with Gasteiger partial charge < -0.3 is 0 Å². The monoisotopic (exact) mass is 318 g/mol. The topological polar surface area (TPSA) is 145 Å². The molecule has 3 N–H and O–H groups in total. The summed E-state index contributed by atoms with van der Waals surface area (Å²) in [5.74, 6) is -1.18. The van der Waals surface area contributed by atoms with Crippen LogP contribution in [-0.2, 0) is 6.18 Å². The molecule has 0 aliphatic rings. The molecule has 0 aliphatic carbocycles. The van der Waals surface area contributed by atoms with E-state index in [1.54, 1.807) is 9.97 Å². The molecule has 2 aromatic heterocycles. The molecule has 0 aliphatic heterocycles. The number of aromatic amines is 3. The quantitative estimate of drug-likeness (QED) is 0.639. The van der Waals surface area contributed by atoms with Crippen LogP contribution in [0.4, 0.5) is 19.0 Å². The summed E-state index contributed by atoms with van der Waals surface area (Å²) in [4.78, 5) is 49.1. The van der Waals surface area contributed by atoms with E-state index in [-0.39, 0.29) is 0 Å². The number of nitrogens with zero attached hydrogens (tertiary/aromatic N) is 3. The zero-order valence-electron chi connectivity index (χ0n) is 10.3. The molecule has 22 heavy (non-hydrogen) atoms. The molecule has 0 bridgehead atoms. The molecule has 0 aromatic carbocycles. The van der Waals surface area contributed by atoms with Gasteiger partial charge in [-0.15, -0.1) is 5.11 Å². The molecule has 0 unspecified atom stereocenters. The SMILES string of the molecule is O=c1ccn(N=Nc2[nH]c(=O)[nH]c(=O)c2C(F)(F)F)c(=O)[nH]1. The van der Waals surface area contributed by atoms with Gasteiger partial charge in [0.05, 0.1) is 0 Å². The van der Waals surface area contributed by atoms with E-state index >= 15 is 0 Å². The van der Waals surface area contributed by atoms with E-state index < -0.39 is 40.1 Å². The summed E-state index contributed by atoms with van der Waals surface area (Å²) in [6, 6.07) is 0.867. The average molecular weight is 318 g/mol. The van der Waals surface area contributed by atoms with Crippen LogP contribution < -0.4 is 22.5 Å². The lowest BCUT2D eigenvalue weighted by molar-refractivity contribution is -0.138. The lowest BCUT2D eigenvalue weighted by Gasteiger charge is -2.06. The maximum atomic E-state index is 12.7. The second kappa shape index (κ2) is 5.27. The Morgan fingerprint density at radius 1 is 1.05 bits per heavy atom. The molecule has 2 rings (SSSR count). The average Bonchev–Trinajstić information content (AvgIpc) is 2.35. The van der Waals surface area contributed by atoms with Gasteiger partial charge in [0.15, 0.2) is 11.4 Å². The van der Waals surface area contributed by atoms with Crippen molar-refractivity contribution in [1.29, 1.82) is 0 Å². The van der Waals surface area contributed by atoms with Gasteiger partial charge in [-0.1, -0.05) is 5.22 Å². The highest BCUT2D eigenvalue weighted by atomic mass is 19.4. The van der Waals surface area contributed by atoms with Crippen molar-refractivity contribution < 1.29 is 13.2 Å². The summed E-state index contributed by atoms with van der Waals surface area (Å²) >= 11 is 0. The standard InChI is InChI=1S/C9H5F3N6O4/c10-9(11,12)4-5(14-7(21)15-6(4)20)16-17-18-2-1-3(19)13-8(18)22/h1-2H,(H,13,19,22)(H2,14,15,20,21). The van der Waals surface area contributed by atoms with Gasteiger partial charge in [0, 0.05) is 12.3 Å². The van der Waals surface area contributed by atoms with Crippen molar-refractivity contribution in [2.24, 2.45) is 10.3 Å². The lowest BCUT2D eigenvalue weighted by Crippen LogP contribution is -2.30. The molecule has 2 aromatic rings. The summed E-state index contributed by atoms with van der Waals surface area (Å²) in [5.41, 5.74) is -6.55. The number of alkyl halides is 3. The predicted molar refractivity (Wildman–Crippen MR) is 63.9 cm³/mol. The highest BCUT2D eigenvalue weighted by molar-refractivity contribution is 5.37. The van der Waals surface area contributed by atoms with Gasteiger partial charge in [-0.2, -0.15) is 17.8 Å². The van der Waals surface area contributed by atoms with E-state index in [4.69, 9.17) is 0 Å². The van der Waals surface area contributed by atoms with Crippen molar-refractivity contribution in [3.05, 3.63) is 59.5 Å². The third-order valence-electron chi connectivity index (χ3n) is 2.25. The van der Waals surface area contributed by atoms with E-state index in [2.05, 4.69) is 10.3 Å². The third kappa shape index (κ3) is 3.08. The van der Waals surface area contributed by atoms with Gasteiger partial charge in [0.2, 0.25) is 0 Å². The first-order valence-electron chi connectivity index (χ1n) is 5.36. The second-order valence-electron chi connectivity index (χ2n) is 3.77. The Hall–Kier alpha value is -3.25. The highest BCUT2D eigenvalue weighted by Gasteiger charge is 2.38. The van der Waals surface area contributed by atoms with Gasteiger partial charge in [-0.3, -0.25) is 24.5 Å². The minimum absolute atomic E-state index is 0.404. The van der Waals surface area contributed by atoms with Gasteiger partial charge in [0.25, 0.3) is 11.1 Å². The molecule has 2 heterocycles. The summed E-state index contributed by atoms with van der Waals surface area (Å²) in [7, 11) is 0. The first-order chi connectivity index (χ1) is 10.2. The first-order valence-corrected chi connectivity index (χ1v) is 5.36.